The maximum absolute atomic E-state index is 16.7. The van der Waals surface area contributed by atoms with E-state index in [0.29, 0.717) is 51.6 Å². The van der Waals surface area contributed by atoms with E-state index in [1.54, 1.807) is 47.0 Å². The standard InChI is InChI=1S/C54H38F3N5/c1-32-24-40(41-17-9-14-39(31-60)33(41)2)28-46-44-16-4-6-19-48(44)62(52(32)46)53-42(38-13-8-11-35(26-38)30-59)21-23-50(51(53)54(55,56)57)61-47-18-5-3-15-43(47)45-27-37(20-22-49(45)61)36-12-7-10-34(25-36)29-58/h3-13,15-23,25-28,32-33,39,41H,14,24H2,1-2H3. The largest absolute Gasteiger partial charge is 0.420 e. The van der Waals surface area contributed by atoms with Gasteiger partial charge >= 0.3 is 6.18 Å². The molecule has 0 bridgehead atoms. The van der Waals surface area contributed by atoms with Crippen LogP contribution < -0.4 is 0 Å². The number of alkyl halides is 3. The Morgan fingerprint density at radius 2 is 1.29 bits per heavy atom. The Hall–Kier alpha value is -7.60. The van der Waals surface area contributed by atoms with Crippen LogP contribution in [0.2, 0.25) is 0 Å². The van der Waals surface area contributed by atoms with Gasteiger partial charge in [-0.15, -0.1) is 0 Å². The van der Waals surface area contributed by atoms with Gasteiger partial charge in [0.15, 0.2) is 0 Å². The van der Waals surface area contributed by atoms with Gasteiger partial charge in [-0.25, -0.2) is 0 Å². The topological polar surface area (TPSA) is 81.2 Å². The lowest BCUT2D eigenvalue weighted by molar-refractivity contribution is -0.137. The van der Waals surface area contributed by atoms with Crippen LogP contribution in [0, 0.1) is 51.7 Å². The van der Waals surface area contributed by atoms with Crippen LogP contribution in [0.4, 0.5) is 13.2 Å². The van der Waals surface area contributed by atoms with Gasteiger partial charge in [0.25, 0.3) is 0 Å². The Morgan fingerprint density at radius 1 is 0.645 bits per heavy atom. The molecule has 0 fully saturated rings. The van der Waals surface area contributed by atoms with Crippen molar-refractivity contribution in [2.24, 2.45) is 17.8 Å². The highest BCUT2D eigenvalue weighted by Crippen LogP contribution is 2.51. The van der Waals surface area contributed by atoms with Crippen LogP contribution in [0.25, 0.3) is 72.4 Å². The van der Waals surface area contributed by atoms with Gasteiger partial charge in [0.05, 0.1) is 63.2 Å². The van der Waals surface area contributed by atoms with Crippen LogP contribution in [0.3, 0.4) is 0 Å². The van der Waals surface area contributed by atoms with Gasteiger partial charge in [-0.3, -0.25) is 0 Å². The molecule has 6 aromatic carbocycles. The summed E-state index contributed by atoms with van der Waals surface area (Å²) in [6.45, 7) is 4.21. The fraction of sp³-hybridized carbons (Fsp3) is 0.167. The summed E-state index contributed by atoms with van der Waals surface area (Å²) < 4.78 is 53.6. The van der Waals surface area contributed by atoms with E-state index in [1.165, 1.54) is 5.57 Å². The number of nitriles is 3. The van der Waals surface area contributed by atoms with Gasteiger partial charge in [-0.2, -0.15) is 29.0 Å². The molecule has 2 aromatic heterocycles. The Balaban J connectivity index is 1.30. The molecule has 4 unspecified atom stereocenters. The molecule has 8 aromatic rings. The minimum absolute atomic E-state index is 0.00224. The second-order valence-corrected chi connectivity index (χ2v) is 16.6. The molecule has 0 saturated heterocycles. The second-order valence-electron chi connectivity index (χ2n) is 16.6. The van der Waals surface area contributed by atoms with E-state index in [0.717, 1.165) is 38.5 Å². The first-order valence-electron chi connectivity index (χ1n) is 20.8. The first kappa shape index (κ1) is 38.6. The van der Waals surface area contributed by atoms with Crippen molar-refractivity contribution in [2.75, 3.05) is 0 Å². The summed E-state index contributed by atoms with van der Waals surface area (Å²) in [4.78, 5) is 0. The van der Waals surface area contributed by atoms with Crippen LogP contribution in [0.15, 0.2) is 145 Å². The molecule has 2 heterocycles. The molecule has 0 N–H and O–H groups in total. The van der Waals surface area contributed by atoms with Gasteiger partial charge in [0.1, 0.15) is 5.56 Å². The maximum atomic E-state index is 16.7. The predicted octanol–water partition coefficient (Wildman–Crippen LogP) is 14.1. The molecule has 0 amide bonds. The minimum Gasteiger partial charge on any atom is -0.311 e. The lowest BCUT2D eigenvalue weighted by atomic mass is 9.70. The van der Waals surface area contributed by atoms with E-state index in [-0.39, 0.29) is 35.0 Å². The molecule has 2 aliphatic rings. The lowest BCUT2D eigenvalue weighted by Gasteiger charge is -2.34. The zero-order valence-corrected chi connectivity index (χ0v) is 33.9. The monoisotopic (exact) mass is 813 g/mol. The first-order valence-corrected chi connectivity index (χ1v) is 20.8. The van der Waals surface area contributed by atoms with Crippen LogP contribution in [0.5, 0.6) is 0 Å². The Kier molecular flexibility index (Phi) is 9.24. The van der Waals surface area contributed by atoms with Crippen molar-refractivity contribution >= 4 is 38.8 Å². The Morgan fingerprint density at radius 3 is 2.00 bits per heavy atom. The quantitative estimate of drug-likeness (QED) is 0.162. The predicted molar refractivity (Wildman–Crippen MR) is 239 cm³/mol. The third-order valence-electron chi connectivity index (χ3n) is 13.0. The van der Waals surface area contributed by atoms with Gasteiger partial charge < -0.3 is 9.13 Å². The summed E-state index contributed by atoms with van der Waals surface area (Å²) in [5, 5.41) is 32.0. The molecule has 2 aliphatic carbocycles. The highest BCUT2D eigenvalue weighted by Gasteiger charge is 2.42. The molecule has 0 radical (unpaired) electrons. The summed E-state index contributed by atoms with van der Waals surface area (Å²) >= 11 is 0. The van der Waals surface area contributed by atoms with Crippen molar-refractivity contribution in [2.45, 2.75) is 38.8 Å². The Labute approximate surface area is 357 Å². The number of halogens is 3. The highest BCUT2D eigenvalue weighted by atomic mass is 19.4. The summed E-state index contributed by atoms with van der Waals surface area (Å²) in [7, 11) is 0. The van der Waals surface area contributed by atoms with Crippen molar-refractivity contribution in [3.63, 3.8) is 0 Å². The first-order chi connectivity index (χ1) is 30.1. The third-order valence-corrected chi connectivity index (χ3v) is 13.0. The Bertz CT molecular complexity index is 3340. The molecule has 8 heteroatoms. The zero-order chi connectivity index (χ0) is 42.9. The van der Waals surface area contributed by atoms with E-state index in [9.17, 15) is 15.8 Å². The van der Waals surface area contributed by atoms with Crippen molar-refractivity contribution in [3.8, 4) is 51.8 Å². The zero-order valence-electron chi connectivity index (χ0n) is 33.9. The molecule has 0 aliphatic heterocycles. The molecule has 0 saturated carbocycles. The number of hydrogen-bond acceptors (Lipinski definition) is 3. The highest BCUT2D eigenvalue weighted by molar-refractivity contribution is 6.11. The molecular formula is C54H38F3N5. The van der Waals surface area contributed by atoms with Crippen molar-refractivity contribution in [3.05, 3.63) is 173 Å². The van der Waals surface area contributed by atoms with Gasteiger partial charge in [-0.05, 0) is 90.0 Å². The summed E-state index contributed by atoms with van der Waals surface area (Å²) in [6.07, 6.45) is 2.93. The number of benzene rings is 6. The summed E-state index contributed by atoms with van der Waals surface area (Å²) in [6, 6.07) is 45.3. The van der Waals surface area contributed by atoms with Crippen molar-refractivity contribution in [1.29, 1.82) is 15.8 Å². The molecule has 4 atom stereocenters. The number of nitrogens with zero attached hydrogens (tertiary/aromatic N) is 5. The van der Waals surface area contributed by atoms with Crippen molar-refractivity contribution in [1.82, 2.24) is 9.13 Å². The molecule has 10 rings (SSSR count). The minimum atomic E-state index is -4.85. The van der Waals surface area contributed by atoms with Crippen molar-refractivity contribution < 1.29 is 13.2 Å². The second kappa shape index (κ2) is 14.8. The maximum Gasteiger partial charge on any atom is 0.420 e. The van der Waals surface area contributed by atoms with Gasteiger partial charge in [-0.1, -0.05) is 110 Å². The SMILES string of the molecule is CC1CC(C2C=CCC(C#N)C2C)=Cc2c1n(-c1c(-c3cccc(C#N)c3)ccc(-n3c4ccccc4c4cc(-c5cccc(C#N)c5)ccc43)c1C(F)(F)F)c1ccccc21. The molecule has 62 heavy (non-hydrogen) atoms. The van der Waals surface area contributed by atoms with E-state index in [4.69, 9.17) is 0 Å². The summed E-state index contributed by atoms with van der Waals surface area (Å²) in [5.41, 5.74) is 7.28. The van der Waals surface area contributed by atoms with E-state index in [2.05, 4.69) is 50.3 Å². The summed E-state index contributed by atoms with van der Waals surface area (Å²) in [5.74, 6) is -0.170. The molecule has 5 nitrogen and oxygen atoms in total. The average Bonchev–Trinajstić information content (AvgIpc) is 3.81. The van der Waals surface area contributed by atoms with Crippen LogP contribution in [-0.4, -0.2) is 9.13 Å². The fourth-order valence-electron chi connectivity index (χ4n) is 10.2. The fourth-order valence-corrected chi connectivity index (χ4v) is 10.2. The molecule has 0 spiro atoms. The van der Waals surface area contributed by atoms with E-state index in [1.807, 2.05) is 89.5 Å². The van der Waals surface area contributed by atoms with Crippen LogP contribution in [0.1, 0.15) is 60.6 Å². The number of rotatable bonds is 5. The lowest BCUT2D eigenvalue weighted by Crippen LogP contribution is -2.25. The van der Waals surface area contributed by atoms with E-state index < -0.39 is 11.7 Å². The smallest absolute Gasteiger partial charge is 0.311 e. The number of aromatic nitrogens is 2. The van der Waals surface area contributed by atoms with Crippen LogP contribution >= 0.6 is 0 Å². The molecule has 300 valence electrons. The van der Waals surface area contributed by atoms with Gasteiger partial charge in [0, 0.05) is 44.8 Å². The van der Waals surface area contributed by atoms with Gasteiger partial charge in [0.2, 0.25) is 0 Å². The number of para-hydroxylation sites is 2. The average molecular weight is 814 g/mol. The number of fused-ring (bicyclic) bond motifs is 6. The third kappa shape index (κ3) is 6.12. The molecular weight excluding hydrogens is 776 g/mol. The van der Waals surface area contributed by atoms with Crippen LogP contribution in [-0.2, 0) is 6.18 Å². The van der Waals surface area contributed by atoms with E-state index >= 15 is 13.2 Å². The number of allylic oxidation sites excluding steroid dienone is 3. The number of hydrogen-bond donors (Lipinski definition) is 0. The normalized spacial score (nSPS) is 18.6.